The van der Waals surface area contributed by atoms with Crippen molar-refractivity contribution in [1.29, 1.82) is 0 Å². The van der Waals surface area contributed by atoms with Gasteiger partial charge in [0.1, 0.15) is 0 Å². The lowest BCUT2D eigenvalue weighted by molar-refractivity contribution is 0.0685. The summed E-state index contributed by atoms with van der Waals surface area (Å²) in [5, 5.41) is 12.1. The minimum atomic E-state index is -1.06. The number of carboxylic acids is 1. The normalized spacial score (nSPS) is 13.0. The summed E-state index contributed by atoms with van der Waals surface area (Å²) in [6, 6.07) is 1.47. The number of hydrogen-bond donors (Lipinski definition) is 1. The van der Waals surface area contributed by atoms with E-state index in [1.54, 1.807) is 0 Å². The molecule has 0 aliphatic rings. The predicted octanol–water partition coefficient (Wildman–Crippen LogP) is 1.85. The van der Waals surface area contributed by atoms with Gasteiger partial charge in [0.05, 0.1) is 6.54 Å². The molecule has 0 fully saturated rings. The highest BCUT2D eigenvalue weighted by molar-refractivity contribution is 5.85. The van der Waals surface area contributed by atoms with Crippen molar-refractivity contribution in [2.45, 2.75) is 26.8 Å². The van der Waals surface area contributed by atoms with E-state index >= 15 is 0 Å². The van der Waals surface area contributed by atoms with Crippen molar-refractivity contribution in [2.24, 2.45) is 5.92 Å². The van der Waals surface area contributed by atoms with Gasteiger partial charge in [0, 0.05) is 12.6 Å². The monoisotopic (exact) mass is 226 g/mol. The molecule has 1 aromatic rings. The third-order valence-corrected chi connectivity index (χ3v) is 2.52. The SMILES string of the molecule is CCC(C)CN(C)Cc1cc(C(=O)O)no1. The van der Waals surface area contributed by atoms with Gasteiger partial charge in [-0.25, -0.2) is 4.79 Å². The molecule has 90 valence electrons. The molecule has 0 aliphatic heterocycles. The number of aromatic carboxylic acids is 1. The predicted molar refractivity (Wildman–Crippen MR) is 59.3 cm³/mol. The van der Waals surface area contributed by atoms with Gasteiger partial charge in [-0.05, 0) is 13.0 Å². The van der Waals surface area contributed by atoms with Crippen molar-refractivity contribution in [2.75, 3.05) is 13.6 Å². The maximum absolute atomic E-state index is 10.6. The zero-order valence-corrected chi connectivity index (χ0v) is 9.93. The molecule has 1 heterocycles. The van der Waals surface area contributed by atoms with E-state index in [1.807, 2.05) is 7.05 Å². The molecule has 1 atom stereocenters. The maximum atomic E-state index is 10.6. The van der Waals surface area contributed by atoms with Crippen LogP contribution in [-0.2, 0) is 6.54 Å². The number of carboxylic acid groups (broad SMARTS) is 1. The number of rotatable bonds is 6. The van der Waals surface area contributed by atoms with Crippen LogP contribution in [0.25, 0.3) is 0 Å². The van der Waals surface area contributed by atoms with E-state index in [2.05, 4.69) is 23.9 Å². The van der Waals surface area contributed by atoms with Crippen LogP contribution in [0.5, 0.6) is 0 Å². The molecule has 1 unspecified atom stereocenters. The lowest BCUT2D eigenvalue weighted by Crippen LogP contribution is -2.23. The van der Waals surface area contributed by atoms with Gasteiger partial charge in [0.15, 0.2) is 11.5 Å². The molecule has 16 heavy (non-hydrogen) atoms. The highest BCUT2D eigenvalue weighted by Gasteiger charge is 2.12. The van der Waals surface area contributed by atoms with Crippen molar-refractivity contribution in [3.8, 4) is 0 Å². The van der Waals surface area contributed by atoms with E-state index in [1.165, 1.54) is 6.07 Å². The third kappa shape index (κ3) is 3.66. The zero-order valence-electron chi connectivity index (χ0n) is 9.93. The van der Waals surface area contributed by atoms with Crippen molar-refractivity contribution in [1.82, 2.24) is 10.1 Å². The van der Waals surface area contributed by atoms with Crippen LogP contribution in [0.4, 0.5) is 0 Å². The quantitative estimate of drug-likeness (QED) is 0.801. The molecule has 5 heteroatoms. The average molecular weight is 226 g/mol. The van der Waals surface area contributed by atoms with E-state index in [0.29, 0.717) is 18.2 Å². The van der Waals surface area contributed by atoms with Crippen molar-refractivity contribution >= 4 is 5.97 Å². The summed E-state index contributed by atoms with van der Waals surface area (Å²) >= 11 is 0. The second-order valence-corrected chi connectivity index (χ2v) is 4.19. The molecule has 0 saturated carbocycles. The van der Waals surface area contributed by atoms with Crippen molar-refractivity contribution < 1.29 is 14.4 Å². The van der Waals surface area contributed by atoms with Gasteiger partial charge in [-0.2, -0.15) is 0 Å². The van der Waals surface area contributed by atoms with Crippen LogP contribution in [0, 0.1) is 5.92 Å². The Hall–Kier alpha value is -1.36. The molecule has 0 aliphatic carbocycles. The van der Waals surface area contributed by atoms with Crippen LogP contribution in [0.1, 0.15) is 36.5 Å². The molecule has 0 amide bonds. The summed E-state index contributed by atoms with van der Waals surface area (Å²) in [7, 11) is 1.98. The van der Waals surface area contributed by atoms with E-state index in [4.69, 9.17) is 9.63 Å². The van der Waals surface area contributed by atoms with Gasteiger partial charge in [0.2, 0.25) is 0 Å². The Labute approximate surface area is 95.0 Å². The fourth-order valence-electron chi connectivity index (χ4n) is 1.48. The van der Waals surface area contributed by atoms with E-state index in [9.17, 15) is 4.79 Å². The van der Waals surface area contributed by atoms with E-state index < -0.39 is 5.97 Å². The van der Waals surface area contributed by atoms with Crippen LogP contribution in [0.15, 0.2) is 10.6 Å². The van der Waals surface area contributed by atoms with Gasteiger partial charge in [0.25, 0.3) is 0 Å². The lowest BCUT2D eigenvalue weighted by atomic mass is 10.1. The molecule has 1 aromatic heterocycles. The second kappa shape index (κ2) is 5.65. The third-order valence-electron chi connectivity index (χ3n) is 2.52. The van der Waals surface area contributed by atoms with Crippen LogP contribution in [0.2, 0.25) is 0 Å². The number of aromatic nitrogens is 1. The second-order valence-electron chi connectivity index (χ2n) is 4.19. The minimum absolute atomic E-state index is 0.0352. The first-order valence-corrected chi connectivity index (χ1v) is 5.40. The molecular formula is C11H18N2O3. The summed E-state index contributed by atoms with van der Waals surface area (Å²) in [5.74, 6) is 0.148. The first kappa shape index (κ1) is 12.7. The topological polar surface area (TPSA) is 66.6 Å². The van der Waals surface area contributed by atoms with Gasteiger partial charge in [-0.15, -0.1) is 0 Å². The average Bonchev–Trinajstić information content (AvgIpc) is 2.65. The Morgan fingerprint density at radius 1 is 1.69 bits per heavy atom. The van der Waals surface area contributed by atoms with E-state index in [-0.39, 0.29) is 5.69 Å². The van der Waals surface area contributed by atoms with Gasteiger partial charge < -0.3 is 9.63 Å². The Bertz CT molecular complexity index is 349. The number of carbonyl (C=O) groups is 1. The summed E-state index contributed by atoms with van der Waals surface area (Å²) < 4.78 is 4.94. The molecule has 0 saturated heterocycles. The van der Waals surface area contributed by atoms with Gasteiger partial charge in [-0.3, -0.25) is 4.90 Å². The number of nitrogens with zero attached hydrogens (tertiary/aromatic N) is 2. The minimum Gasteiger partial charge on any atom is -0.476 e. The van der Waals surface area contributed by atoms with Crippen LogP contribution in [-0.4, -0.2) is 34.7 Å². The zero-order chi connectivity index (χ0) is 12.1. The molecule has 0 radical (unpaired) electrons. The molecule has 0 aromatic carbocycles. The largest absolute Gasteiger partial charge is 0.476 e. The summed E-state index contributed by atoms with van der Waals surface area (Å²) in [5.41, 5.74) is -0.0352. The van der Waals surface area contributed by atoms with Crippen molar-refractivity contribution in [3.63, 3.8) is 0 Å². The van der Waals surface area contributed by atoms with E-state index in [0.717, 1.165) is 13.0 Å². The van der Waals surface area contributed by atoms with Gasteiger partial charge in [-0.1, -0.05) is 25.4 Å². The Balaban J connectivity index is 2.49. The highest BCUT2D eigenvalue weighted by Crippen LogP contribution is 2.09. The molecule has 1 rings (SSSR count). The van der Waals surface area contributed by atoms with Crippen LogP contribution in [0.3, 0.4) is 0 Å². The Morgan fingerprint density at radius 3 is 2.88 bits per heavy atom. The van der Waals surface area contributed by atoms with Crippen molar-refractivity contribution in [3.05, 3.63) is 17.5 Å². The first-order chi connectivity index (χ1) is 7.52. The smallest absolute Gasteiger partial charge is 0.358 e. The number of hydrogen-bond acceptors (Lipinski definition) is 4. The first-order valence-electron chi connectivity index (χ1n) is 5.40. The standard InChI is InChI=1S/C11H18N2O3/c1-4-8(2)6-13(3)7-9-5-10(11(14)15)12-16-9/h5,8H,4,6-7H2,1-3H3,(H,14,15). The Morgan fingerprint density at radius 2 is 2.38 bits per heavy atom. The van der Waals surface area contributed by atoms with Crippen LogP contribution >= 0.6 is 0 Å². The molecular weight excluding hydrogens is 208 g/mol. The van der Waals surface area contributed by atoms with Gasteiger partial charge >= 0.3 is 5.97 Å². The Kier molecular flexibility index (Phi) is 4.49. The maximum Gasteiger partial charge on any atom is 0.358 e. The summed E-state index contributed by atoms with van der Waals surface area (Å²) in [4.78, 5) is 12.7. The van der Waals surface area contributed by atoms with Crippen LogP contribution < -0.4 is 0 Å². The molecule has 1 N–H and O–H groups in total. The molecule has 0 bridgehead atoms. The molecule has 5 nitrogen and oxygen atoms in total. The fourth-order valence-corrected chi connectivity index (χ4v) is 1.48. The lowest BCUT2D eigenvalue weighted by Gasteiger charge is -2.18. The fraction of sp³-hybridized carbons (Fsp3) is 0.636. The summed E-state index contributed by atoms with van der Waals surface area (Å²) in [6.07, 6.45) is 1.13. The summed E-state index contributed by atoms with van der Waals surface area (Å²) in [6.45, 7) is 5.87. The molecule has 0 spiro atoms. The highest BCUT2D eigenvalue weighted by atomic mass is 16.5.